The molecular formula is C14H29N3O. The third-order valence-electron chi connectivity index (χ3n) is 4.51. The van der Waals surface area contributed by atoms with Crippen LogP contribution in [0.2, 0.25) is 0 Å². The minimum atomic E-state index is -0.109. The SMILES string of the molecule is CCN(C)C(=O)N(CC)C1(CN)CCC(C)CC1. The molecule has 0 aliphatic heterocycles. The van der Waals surface area contributed by atoms with E-state index in [1.165, 1.54) is 12.8 Å². The van der Waals surface area contributed by atoms with Crippen molar-refractivity contribution in [1.29, 1.82) is 0 Å². The van der Waals surface area contributed by atoms with E-state index < -0.39 is 0 Å². The molecule has 1 fully saturated rings. The predicted octanol–water partition coefficient (Wildman–Crippen LogP) is 2.29. The maximum absolute atomic E-state index is 12.4. The van der Waals surface area contributed by atoms with Gasteiger partial charge in [0, 0.05) is 26.7 Å². The van der Waals surface area contributed by atoms with Crippen LogP contribution in [0.1, 0.15) is 46.5 Å². The van der Waals surface area contributed by atoms with E-state index in [9.17, 15) is 4.79 Å². The lowest BCUT2D eigenvalue weighted by atomic mass is 9.76. The van der Waals surface area contributed by atoms with E-state index in [1.54, 1.807) is 4.90 Å². The Morgan fingerprint density at radius 3 is 2.22 bits per heavy atom. The third-order valence-corrected chi connectivity index (χ3v) is 4.51. The Labute approximate surface area is 111 Å². The number of urea groups is 1. The first-order valence-corrected chi connectivity index (χ1v) is 7.23. The summed E-state index contributed by atoms with van der Waals surface area (Å²) in [6.45, 7) is 8.41. The molecule has 0 aromatic carbocycles. The molecule has 2 amide bonds. The quantitative estimate of drug-likeness (QED) is 0.838. The van der Waals surface area contributed by atoms with Crippen molar-refractivity contribution in [2.45, 2.75) is 52.0 Å². The lowest BCUT2D eigenvalue weighted by molar-refractivity contribution is 0.0601. The Hall–Kier alpha value is -0.770. The van der Waals surface area contributed by atoms with E-state index in [2.05, 4.69) is 13.8 Å². The van der Waals surface area contributed by atoms with Gasteiger partial charge in [-0.15, -0.1) is 0 Å². The van der Waals surface area contributed by atoms with Gasteiger partial charge in [-0.2, -0.15) is 0 Å². The number of hydrogen-bond acceptors (Lipinski definition) is 2. The molecule has 0 radical (unpaired) electrons. The normalized spacial score (nSPS) is 27.9. The Bertz CT molecular complexity index is 272. The van der Waals surface area contributed by atoms with E-state index >= 15 is 0 Å². The van der Waals surface area contributed by atoms with Gasteiger partial charge in [-0.3, -0.25) is 0 Å². The summed E-state index contributed by atoms with van der Waals surface area (Å²) in [7, 11) is 1.86. The minimum Gasteiger partial charge on any atom is -0.328 e. The van der Waals surface area contributed by atoms with Gasteiger partial charge in [0.25, 0.3) is 0 Å². The highest BCUT2D eigenvalue weighted by Gasteiger charge is 2.40. The summed E-state index contributed by atoms with van der Waals surface area (Å²) in [6, 6.07) is 0.125. The van der Waals surface area contributed by atoms with Crippen molar-refractivity contribution in [3.63, 3.8) is 0 Å². The van der Waals surface area contributed by atoms with Gasteiger partial charge in [-0.25, -0.2) is 4.79 Å². The molecule has 0 heterocycles. The maximum atomic E-state index is 12.4. The van der Waals surface area contributed by atoms with Crippen molar-refractivity contribution in [2.75, 3.05) is 26.7 Å². The minimum absolute atomic E-state index is 0.109. The molecule has 0 bridgehead atoms. The Morgan fingerprint density at radius 2 is 1.83 bits per heavy atom. The molecule has 4 heteroatoms. The zero-order valence-corrected chi connectivity index (χ0v) is 12.4. The number of carbonyl (C=O) groups excluding carboxylic acids is 1. The highest BCUT2D eigenvalue weighted by Crippen LogP contribution is 2.36. The Morgan fingerprint density at radius 1 is 1.28 bits per heavy atom. The third kappa shape index (κ3) is 2.97. The molecule has 0 spiro atoms. The van der Waals surface area contributed by atoms with Crippen molar-refractivity contribution in [3.8, 4) is 0 Å². The highest BCUT2D eigenvalue weighted by atomic mass is 16.2. The first-order chi connectivity index (χ1) is 8.50. The summed E-state index contributed by atoms with van der Waals surface area (Å²) < 4.78 is 0. The summed E-state index contributed by atoms with van der Waals surface area (Å²) in [5.41, 5.74) is 5.92. The van der Waals surface area contributed by atoms with Crippen LogP contribution in [0.5, 0.6) is 0 Å². The lowest BCUT2D eigenvalue weighted by Gasteiger charge is -2.47. The zero-order valence-electron chi connectivity index (χ0n) is 12.4. The summed E-state index contributed by atoms with van der Waals surface area (Å²) in [5.74, 6) is 0.766. The van der Waals surface area contributed by atoms with Crippen LogP contribution in [-0.4, -0.2) is 48.1 Å². The van der Waals surface area contributed by atoms with Crippen LogP contribution >= 0.6 is 0 Å². The second kappa shape index (κ2) is 6.41. The number of nitrogens with zero attached hydrogens (tertiary/aromatic N) is 2. The molecule has 18 heavy (non-hydrogen) atoms. The van der Waals surface area contributed by atoms with Crippen LogP contribution in [0, 0.1) is 5.92 Å². The van der Waals surface area contributed by atoms with E-state index in [0.29, 0.717) is 6.54 Å². The average molecular weight is 255 g/mol. The fourth-order valence-electron chi connectivity index (χ4n) is 2.90. The van der Waals surface area contributed by atoms with Crippen molar-refractivity contribution < 1.29 is 4.79 Å². The van der Waals surface area contributed by atoms with E-state index in [-0.39, 0.29) is 11.6 Å². The summed E-state index contributed by atoms with van der Waals surface area (Å²) in [6.07, 6.45) is 4.44. The lowest BCUT2D eigenvalue weighted by Crippen LogP contribution is -2.60. The van der Waals surface area contributed by atoms with Gasteiger partial charge in [0.2, 0.25) is 0 Å². The van der Waals surface area contributed by atoms with Crippen molar-refractivity contribution in [2.24, 2.45) is 11.7 Å². The van der Waals surface area contributed by atoms with Crippen LogP contribution in [0.15, 0.2) is 0 Å². The average Bonchev–Trinajstić information content (AvgIpc) is 2.40. The Kier molecular flexibility index (Phi) is 5.45. The van der Waals surface area contributed by atoms with E-state index in [1.807, 2.05) is 18.9 Å². The number of amides is 2. The fraction of sp³-hybridized carbons (Fsp3) is 0.929. The van der Waals surface area contributed by atoms with Crippen molar-refractivity contribution >= 4 is 6.03 Å². The van der Waals surface area contributed by atoms with E-state index in [0.717, 1.165) is 31.8 Å². The van der Waals surface area contributed by atoms with Gasteiger partial charge in [0.15, 0.2) is 0 Å². The van der Waals surface area contributed by atoms with Crippen molar-refractivity contribution in [1.82, 2.24) is 9.80 Å². The van der Waals surface area contributed by atoms with Crippen LogP contribution in [-0.2, 0) is 0 Å². The standard InChI is InChI=1S/C14H29N3O/c1-5-16(4)13(18)17(6-2)14(11-15)9-7-12(3)8-10-14/h12H,5-11,15H2,1-4H3. The number of likely N-dealkylation sites (N-methyl/N-ethyl adjacent to an activating group) is 1. The number of carbonyl (C=O) groups is 1. The molecule has 0 atom stereocenters. The van der Waals surface area contributed by atoms with Crippen molar-refractivity contribution in [3.05, 3.63) is 0 Å². The number of hydrogen-bond donors (Lipinski definition) is 1. The predicted molar refractivity (Wildman–Crippen MR) is 75.5 cm³/mol. The Balaban J connectivity index is 2.86. The van der Waals surface area contributed by atoms with Crippen LogP contribution in [0.3, 0.4) is 0 Å². The molecule has 1 rings (SSSR count). The van der Waals surface area contributed by atoms with Gasteiger partial charge < -0.3 is 15.5 Å². The fourth-order valence-corrected chi connectivity index (χ4v) is 2.90. The smallest absolute Gasteiger partial charge is 0.320 e. The van der Waals surface area contributed by atoms with Crippen LogP contribution in [0.25, 0.3) is 0 Å². The molecule has 1 aliphatic rings. The molecule has 1 saturated carbocycles. The van der Waals surface area contributed by atoms with Gasteiger partial charge in [-0.05, 0) is 45.4 Å². The largest absolute Gasteiger partial charge is 0.328 e. The summed E-state index contributed by atoms with van der Waals surface area (Å²) >= 11 is 0. The molecule has 0 aromatic heterocycles. The van der Waals surface area contributed by atoms with Crippen LogP contribution < -0.4 is 5.73 Å². The van der Waals surface area contributed by atoms with Gasteiger partial charge >= 0.3 is 6.03 Å². The number of nitrogens with two attached hydrogens (primary N) is 1. The second-order valence-electron chi connectivity index (χ2n) is 5.65. The van der Waals surface area contributed by atoms with Gasteiger partial charge in [-0.1, -0.05) is 6.92 Å². The van der Waals surface area contributed by atoms with E-state index in [4.69, 9.17) is 5.73 Å². The zero-order chi connectivity index (χ0) is 13.8. The molecule has 4 nitrogen and oxygen atoms in total. The molecule has 0 saturated heterocycles. The topological polar surface area (TPSA) is 49.6 Å². The first kappa shape index (κ1) is 15.3. The molecule has 2 N–H and O–H groups in total. The molecule has 106 valence electrons. The molecule has 1 aliphatic carbocycles. The summed E-state index contributed by atoms with van der Waals surface area (Å²) in [5, 5.41) is 0. The maximum Gasteiger partial charge on any atom is 0.320 e. The highest BCUT2D eigenvalue weighted by molar-refractivity contribution is 5.75. The second-order valence-corrected chi connectivity index (χ2v) is 5.65. The number of rotatable bonds is 4. The molecule has 0 aromatic rings. The first-order valence-electron chi connectivity index (χ1n) is 7.23. The molecular weight excluding hydrogens is 226 g/mol. The van der Waals surface area contributed by atoms with Crippen LogP contribution in [0.4, 0.5) is 4.79 Å². The van der Waals surface area contributed by atoms with Gasteiger partial charge in [0.05, 0.1) is 5.54 Å². The molecule has 0 unspecified atom stereocenters. The van der Waals surface area contributed by atoms with Gasteiger partial charge in [0.1, 0.15) is 0 Å². The monoisotopic (exact) mass is 255 g/mol. The summed E-state index contributed by atoms with van der Waals surface area (Å²) in [4.78, 5) is 16.2.